The third-order valence-corrected chi connectivity index (χ3v) is 19.3. The van der Waals surface area contributed by atoms with Crippen molar-refractivity contribution in [2.45, 2.75) is 171 Å². The Bertz CT molecular complexity index is 4570. The van der Waals surface area contributed by atoms with Gasteiger partial charge in [0.15, 0.2) is 0 Å². The van der Waals surface area contributed by atoms with Crippen LogP contribution in [-0.4, -0.2) is 4.57 Å². The summed E-state index contributed by atoms with van der Waals surface area (Å²) in [5, 5.41) is 2.68. The van der Waals surface area contributed by atoms with E-state index in [0.717, 1.165) is 0 Å². The van der Waals surface area contributed by atoms with Crippen molar-refractivity contribution >= 4 is 38.9 Å². The Morgan fingerprint density at radius 1 is 0.230 bits per heavy atom. The molecule has 2 nitrogen and oxygen atoms in total. The van der Waals surface area contributed by atoms with Crippen LogP contribution in [0.5, 0.6) is 0 Å². The van der Waals surface area contributed by atoms with Crippen LogP contribution in [0.1, 0.15) is 169 Å². The smallest absolute Gasteiger partial charge is 0.0541 e. The third-order valence-electron chi connectivity index (χ3n) is 19.3. The number of para-hydroxylation sites is 2. The van der Waals surface area contributed by atoms with Crippen molar-refractivity contribution in [3.05, 3.63) is 336 Å². The zero-order chi connectivity index (χ0) is 72.0. The van der Waals surface area contributed by atoms with E-state index < -0.39 is 0 Å². The highest BCUT2D eigenvalue weighted by molar-refractivity contribution is 6.10. The van der Waals surface area contributed by atoms with Crippen LogP contribution in [0, 0.1) is 13.8 Å². The second-order valence-electron chi connectivity index (χ2n) is 33.3. The van der Waals surface area contributed by atoms with Gasteiger partial charge in [-0.2, -0.15) is 0 Å². The lowest BCUT2D eigenvalue weighted by Gasteiger charge is -2.28. The summed E-state index contributed by atoms with van der Waals surface area (Å²) in [5.41, 5.74) is 29.6. The third kappa shape index (κ3) is 17.4. The van der Waals surface area contributed by atoms with Crippen molar-refractivity contribution in [1.29, 1.82) is 0 Å². The first kappa shape index (κ1) is 73.0. The standard InChI is InChI=1S/C30H37N.C24H26.C22H23N.C22H22/c1-28(2,3)20-10-14-23(15-11-20)31-26-16-12-21(29(4,5)6)18-24(26)25-19-22(30(7,8)9)13-17-27(25)31;1-17-21(19-12-8-6-9-13-19)16-22(20-14-10-7-11-15-20)18(2)23(17)24(3,4)5;1-22(2,3)18-14-16-21(17-15-18)23(19-10-6-4-7-11-19)20-12-8-5-9-13-20;1-22(2,3)21-15-19(17-10-6-4-7-11-17)14-20(16-21)18-12-8-5-9-13-18/h10-19H,1-9H3;6-16H,1-5H3;4-17H,1-3H3;4-16H,1-3H3. The summed E-state index contributed by atoms with van der Waals surface area (Å²) in [6.07, 6.45) is 0. The monoisotopic (exact) mass is 1310 g/mol. The molecular formula is C98H108N2. The van der Waals surface area contributed by atoms with Gasteiger partial charge in [0.1, 0.15) is 0 Å². The molecule has 0 amide bonds. The quantitative estimate of drug-likeness (QED) is 0.147. The largest absolute Gasteiger partial charge is 0.311 e. The van der Waals surface area contributed by atoms with Crippen LogP contribution in [0.4, 0.5) is 17.1 Å². The van der Waals surface area contributed by atoms with E-state index >= 15 is 0 Å². The van der Waals surface area contributed by atoms with Crippen LogP contribution in [0.3, 0.4) is 0 Å². The van der Waals surface area contributed by atoms with E-state index in [1.54, 1.807) is 0 Å². The van der Waals surface area contributed by atoms with Gasteiger partial charge in [0.2, 0.25) is 0 Å². The van der Waals surface area contributed by atoms with Gasteiger partial charge in [0, 0.05) is 33.5 Å². The first-order valence-corrected chi connectivity index (χ1v) is 36.0. The highest BCUT2D eigenvalue weighted by Crippen LogP contribution is 2.43. The summed E-state index contributed by atoms with van der Waals surface area (Å²) >= 11 is 0. The highest BCUT2D eigenvalue weighted by atomic mass is 15.1. The number of hydrogen-bond acceptors (Lipinski definition) is 1. The van der Waals surface area contributed by atoms with Crippen molar-refractivity contribution in [2.75, 3.05) is 4.90 Å². The Hall–Kier alpha value is -9.76. The molecule has 0 atom stereocenters. The van der Waals surface area contributed by atoms with Crippen LogP contribution < -0.4 is 4.90 Å². The minimum Gasteiger partial charge on any atom is -0.311 e. The maximum Gasteiger partial charge on any atom is 0.0541 e. The molecule has 12 aromatic carbocycles. The van der Waals surface area contributed by atoms with Crippen LogP contribution in [0.15, 0.2) is 291 Å². The molecule has 0 N–H and O–H groups in total. The second kappa shape index (κ2) is 30.0. The Balaban J connectivity index is 0.000000145. The van der Waals surface area contributed by atoms with E-state index in [2.05, 4.69) is 439 Å². The van der Waals surface area contributed by atoms with Crippen LogP contribution in [0.2, 0.25) is 0 Å². The zero-order valence-electron chi connectivity index (χ0n) is 63.6. The van der Waals surface area contributed by atoms with E-state index in [9.17, 15) is 0 Å². The molecule has 13 aromatic rings. The van der Waals surface area contributed by atoms with E-state index in [0.29, 0.717) is 0 Å². The van der Waals surface area contributed by atoms with Gasteiger partial charge in [-0.25, -0.2) is 0 Å². The van der Waals surface area contributed by atoms with Gasteiger partial charge in [-0.3, -0.25) is 0 Å². The zero-order valence-corrected chi connectivity index (χ0v) is 63.6. The molecule has 0 saturated heterocycles. The summed E-state index contributed by atoms with van der Waals surface area (Å²) in [4.78, 5) is 2.28. The maximum absolute atomic E-state index is 2.43. The highest BCUT2D eigenvalue weighted by Gasteiger charge is 2.26. The van der Waals surface area contributed by atoms with Crippen molar-refractivity contribution in [3.8, 4) is 50.2 Å². The number of nitrogens with zero attached hydrogens (tertiary/aromatic N) is 2. The molecule has 100 heavy (non-hydrogen) atoms. The summed E-state index contributed by atoms with van der Waals surface area (Å²) in [5.74, 6) is 0. The average molecular weight is 1310 g/mol. The average Bonchev–Trinajstić information content (AvgIpc) is 1.33. The first-order chi connectivity index (χ1) is 47.3. The van der Waals surface area contributed by atoms with E-state index in [1.807, 2.05) is 0 Å². The molecule has 0 aliphatic carbocycles. The minimum absolute atomic E-state index is 0.114. The molecule has 0 aliphatic rings. The van der Waals surface area contributed by atoms with Crippen molar-refractivity contribution in [2.24, 2.45) is 0 Å². The van der Waals surface area contributed by atoms with Gasteiger partial charge < -0.3 is 9.47 Å². The SMILES string of the molecule is CC(C)(C)c1cc(-c2ccccc2)cc(-c2ccccc2)c1.CC(C)(C)c1ccc(-n2c3ccc(C(C)(C)C)cc3c3cc(C(C)(C)C)ccc32)cc1.CC(C)(C)c1ccc(N(c2ccccc2)c2ccccc2)cc1.Cc1c(-c2ccccc2)cc(-c2ccccc2)c(C)c1C(C)(C)C. The number of benzene rings is 12. The predicted molar refractivity (Wildman–Crippen MR) is 438 cm³/mol. The summed E-state index contributed by atoms with van der Waals surface area (Å²) in [7, 11) is 0. The van der Waals surface area contributed by atoms with Crippen molar-refractivity contribution in [3.63, 3.8) is 0 Å². The number of hydrogen-bond donors (Lipinski definition) is 0. The van der Waals surface area contributed by atoms with Crippen LogP contribution >= 0.6 is 0 Å². The first-order valence-electron chi connectivity index (χ1n) is 36.0. The lowest BCUT2D eigenvalue weighted by molar-refractivity contribution is 0.582. The molecule has 1 aromatic heterocycles. The van der Waals surface area contributed by atoms with E-state index in [4.69, 9.17) is 0 Å². The Morgan fingerprint density at radius 2 is 0.520 bits per heavy atom. The molecule has 13 rings (SSSR count). The molecular weight excluding hydrogens is 1210 g/mol. The molecule has 510 valence electrons. The lowest BCUT2D eigenvalue weighted by atomic mass is 9.76. The number of rotatable bonds is 8. The summed E-state index contributed by atoms with van der Waals surface area (Å²) in [6, 6.07) is 105. The summed E-state index contributed by atoms with van der Waals surface area (Å²) < 4.78 is 2.43. The van der Waals surface area contributed by atoms with Gasteiger partial charge >= 0.3 is 0 Å². The van der Waals surface area contributed by atoms with Gasteiger partial charge in [-0.15, -0.1) is 0 Å². The van der Waals surface area contributed by atoms with Crippen LogP contribution in [0.25, 0.3) is 72.0 Å². The topological polar surface area (TPSA) is 8.17 Å². The number of anilines is 3. The number of aromatic nitrogens is 1. The van der Waals surface area contributed by atoms with Crippen molar-refractivity contribution < 1.29 is 0 Å². The molecule has 0 fully saturated rings. The van der Waals surface area contributed by atoms with Gasteiger partial charge in [0.05, 0.1) is 11.0 Å². The predicted octanol–water partition coefficient (Wildman–Crippen LogP) is 28.4. The Morgan fingerprint density at radius 3 is 0.840 bits per heavy atom. The Kier molecular flexibility index (Phi) is 21.9. The normalized spacial score (nSPS) is 12.0. The molecule has 2 heteroatoms. The number of fused-ring (bicyclic) bond motifs is 3. The lowest BCUT2D eigenvalue weighted by Crippen LogP contribution is -2.16. The van der Waals surface area contributed by atoms with E-state index in [1.165, 1.54) is 134 Å². The molecule has 0 radical (unpaired) electrons. The fraction of sp³-hybridized carbons (Fsp3) is 0.265. The van der Waals surface area contributed by atoms with Gasteiger partial charge in [-0.1, -0.05) is 331 Å². The minimum atomic E-state index is 0.114. The molecule has 1 heterocycles. The molecule has 0 unspecified atom stereocenters. The van der Waals surface area contributed by atoms with E-state index in [-0.39, 0.29) is 32.5 Å². The fourth-order valence-electron chi connectivity index (χ4n) is 13.6. The van der Waals surface area contributed by atoms with Crippen LogP contribution in [-0.2, 0) is 32.5 Å². The van der Waals surface area contributed by atoms with Gasteiger partial charge in [0.25, 0.3) is 0 Å². The van der Waals surface area contributed by atoms with Gasteiger partial charge in [-0.05, 0) is 220 Å². The summed E-state index contributed by atoms with van der Waals surface area (Å²) in [6.45, 7) is 45.6. The fourth-order valence-corrected chi connectivity index (χ4v) is 13.6. The molecule has 0 spiro atoms. The molecule has 0 bridgehead atoms. The second-order valence-corrected chi connectivity index (χ2v) is 33.3. The molecule has 0 saturated carbocycles. The Labute approximate surface area is 601 Å². The van der Waals surface area contributed by atoms with Crippen molar-refractivity contribution in [1.82, 2.24) is 4.57 Å². The molecule has 0 aliphatic heterocycles. The maximum atomic E-state index is 2.43.